The number of likely N-dealkylation sites (tertiary alicyclic amines) is 1. The zero-order valence-corrected chi connectivity index (χ0v) is 14.5. The Hall–Kier alpha value is -2.90. The van der Waals surface area contributed by atoms with Gasteiger partial charge in [0.05, 0.1) is 11.7 Å². The van der Waals surface area contributed by atoms with Gasteiger partial charge in [0, 0.05) is 25.6 Å². The SMILES string of the molecule is CCCN1C[C@H](NC(=O)c2cc(COc3cccc(F)c3)[nH]n2)CC1=O. The maximum absolute atomic E-state index is 13.1. The minimum absolute atomic E-state index is 0.0587. The summed E-state index contributed by atoms with van der Waals surface area (Å²) in [4.78, 5) is 25.9. The molecule has 138 valence electrons. The van der Waals surface area contributed by atoms with E-state index in [0.29, 0.717) is 31.0 Å². The maximum Gasteiger partial charge on any atom is 0.272 e. The molecule has 0 aliphatic carbocycles. The summed E-state index contributed by atoms with van der Waals surface area (Å²) in [6, 6.07) is 7.19. The fourth-order valence-corrected chi connectivity index (χ4v) is 2.88. The van der Waals surface area contributed by atoms with Gasteiger partial charge < -0.3 is 15.0 Å². The standard InChI is InChI=1S/C18H21FN4O3/c1-2-6-23-10-13(9-17(23)24)20-18(25)16-8-14(21-22-16)11-26-15-5-3-4-12(19)7-15/h3-5,7-8,13H,2,6,9-11H2,1H3,(H,20,25)(H,21,22)/t13-/m1/s1. The summed E-state index contributed by atoms with van der Waals surface area (Å²) in [6.07, 6.45) is 1.20. The van der Waals surface area contributed by atoms with Gasteiger partial charge in [0.15, 0.2) is 0 Å². The third kappa shape index (κ3) is 4.38. The van der Waals surface area contributed by atoms with Crippen LogP contribution in [0.4, 0.5) is 4.39 Å². The molecule has 1 aliphatic heterocycles. The molecular weight excluding hydrogens is 339 g/mol. The highest BCUT2D eigenvalue weighted by atomic mass is 19.1. The lowest BCUT2D eigenvalue weighted by atomic mass is 10.2. The van der Waals surface area contributed by atoms with E-state index in [4.69, 9.17) is 4.74 Å². The summed E-state index contributed by atoms with van der Waals surface area (Å²) >= 11 is 0. The number of ether oxygens (including phenoxy) is 1. The van der Waals surface area contributed by atoms with Crippen molar-refractivity contribution in [1.82, 2.24) is 20.4 Å². The Kier molecular flexibility index (Phi) is 5.50. The van der Waals surface area contributed by atoms with Gasteiger partial charge >= 0.3 is 0 Å². The zero-order valence-electron chi connectivity index (χ0n) is 14.5. The van der Waals surface area contributed by atoms with Gasteiger partial charge in [-0.15, -0.1) is 0 Å². The van der Waals surface area contributed by atoms with Crippen LogP contribution in [-0.2, 0) is 11.4 Å². The van der Waals surface area contributed by atoms with Crippen LogP contribution in [0.5, 0.6) is 5.75 Å². The first-order chi connectivity index (χ1) is 12.5. The van der Waals surface area contributed by atoms with Gasteiger partial charge in [0.25, 0.3) is 5.91 Å². The minimum atomic E-state index is -0.379. The Balaban J connectivity index is 1.52. The molecule has 0 spiro atoms. The largest absolute Gasteiger partial charge is 0.487 e. The van der Waals surface area contributed by atoms with E-state index in [1.165, 1.54) is 12.1 Å². The molecule has 1 fully saturated rings. The van der Waals surface area contributed by atoms with Gasteiger partial charge in [-0.25, -0.2) is 4.39 Å². The number of rotatable bonds is 7. The lowest BCUT2D eigenvalue weighted by Gasteiger charge is -2.15. The quantitative estimate of drug-likeness (QED) is 0.789. The van der Waals surface area contributed by atoms with Gasteiger partial charge in [0.2, 0.25) is 5.91 Å². The number of carbonyl (C=O) groups excluding carboxylic acids is 2. The van der Waals surface area contributed by atoms with Crippen LogP contribution in [0.3, 0.4) is 0 Å². The van der Waals surface area contributed by atoms with Crippen LogP contribution < -0.4 is 10.1 Å². The Morgan fingerprint density at radius 2 is 2.31 bits per heavy atom. The number of hydrogen-bond acceptors (Lipinski definition) is 4. The summed E-state index contributed by atoms with van der Waals surface area (Å²) in [5.41, 5.74) is 0.818. The van der Waals surface area contributed by atoms with Crippen LogP contribution in [0.15, 0.2) is 30.3 Å². The van der Waals surface area contributed by atoms with E-state index in [-0.39, 0.29) is 36.0 Å². The van der Waals surface area contributed by atoms with Crippen molar-refractivity contribution in [3.8, 4) is 5.75 Å². The average molecular weight is 360 g/mol. The first-order valence-electron chi connectivity index (χ1n) is 8.56. The van der Waals surface area contributed by atoms with E-state index in [9.17, 15) is 14.0 Å². The molecule has 1 saturated heterocycles. The summed E-state index contributed by atoms with van der Waals surface area (Å²) in [6.45, 7) is 3.37. The first kappa shape index (κ1) is 17.9. The Labute approximate surface area is 150 Å². The molecular formula is C18H21FN4O3. The number of aromatic amines is 1. The number of nitrogens with zero attached hydrogens (tertiary/aromatic N) is 2. The van der Waals surface area contributed by atoms with E-state index >= 15 is 0 Å². The molecule has 0 saturated carbocycles. The van der Waals surface area contributed by atoms with E-state index < -0.39 is 0 Å². The Morgan fingerprint density at radius 3 is 3.08 bits per heavy atom. The van der Waals surface area contributed by atoms with Crippen LogP contribution in [0.25, 0.3) is 0 Å². The lowest BCUT2D eigenvalue weighted by molar-refractivity contribution is -0.127. The van der Waals surface area contributed by atoms with Crippen molar-refractivity contribution < 1.29 is 18.7 Å². The molecule has 0 unspecified atom stereocenters. The molecule has 2 heterocycles. The minimum Gasteiger partial charge on any atom is -0.487 e. The molecule has 8 heteroatoms. The summed E-state index contributed by atoms with van der Waals surface area (Å²) < 4.78 is 18.6. The number of halogens is 1. The monoisotopic (exact) mass is 360 g/mol. The van der Waals surface area contributed by atoms with Crippen LogP contribution in [-0.4, -0.2) is 46.0 Å². The van der Waals surface area contributed by atoms with E-state index in [1.807, 2.05) is 6.92 Å². The zero-order chi connectivity index (χ0) is 18.5. The van der Waals surface area contributed by atoms with E-state index in [2.05, 4.69) is 15.5 Å². The molecule has 2 amide bonds. The van der Waals surface area contributed by atoms with Gasteiger partial charge in [-0.2, -0.15) is 5.10 Å². The molecule has 7 nitrogen and oxygen atoms in total. The van der Waals surface area contributed by atoms with Gasteiger partial charge in [-0.1, -0.05) is 13.0 Å². The highest BCUT2D eigenvalue weighted by Gasteiger charge is 2.30. The van der Waals surface area contributed by atoms with Crippen molar-refractivity contribution in [3.05, 3.63) is 47.5 Å². The number of H-pyrrole nitrogens is 1. The molecule has 26 heavy (non-hydrogen) atoms. The molecule has 0 bridgehead atoms. The molecule has 2 N–H and O–H groups in total. The molecule has 0 radical (unpaired) electrons. The van der Waals surface area contributed by atoms with Gasteiger partial charge in [-0.3, -0.25) is 14.7 Å². The first-order valence-corrected chi connectivity index (χ1v) is 8.56. The molecule has 1 aromatic heterocycles. The van der Waals surface area contributed by atoms with Crippen molar-refractivity contribution in [2.75, 3.05) is 13.1 Å². The average Bonchev–Trinajstić information content (AvgIpc) is 3.21. The predicted octanol–water partition coefficient (Wildman–Crippen LogP) is 1.87. The number of amides is 2. The number of carbonyl (C=O) groups is 2. The van der Waals surface area contributed by atoms with Crippen molar-refractivity contribution in [3.63, 3.8) is 0 Å². The van der Waals surface area contributed by atoms with E-state index in [0.717, 1.165) is 6.42 Å². The van der Waals surface area contributed by atoms with Crippen molar-refractivity contribution >= 4 is 11.8 Å². The van der Waals surface area contributed by atoms with Crippen LogP contribution in [0, 0.1) is 5.82 Å². The highest BCUT2D eigenvalue weighted by molar-refractivity contribution is 5.93. The smallest absolute Gasteiger partial charge is 0.272 e. The second-order valence-corrected chi connectivity index (χ2v) is 6.24. The van der Waals surface area contributed by atoms with E-state index in [1.54, 1.807) is 23.1 Å². The number of aromatic nitrogens is 2. The van der Waals surface area contributed by atoms with Crippen molar-refractivity contribution in [2.45, 2.75) is 32.4 Å². The number of hydrogen-bond donors (Lipinski definition) is 2. The highest BCUT2D eigenvalue weighted by Crippen LogP contribution is 2.15. The van der Waals surface area contributed by atoms with Crippen LogP contribution >= 0.6 is 0 Å². The molecule has 1 aromatic carbocycles. The normalized spacial score (nSPS) is 16.8. The number of benzene rings is 1. The topological polar surface area (TPSA) is 87.3 Å². The third-order valence-electron chi connectivity index (χ3n) is 4.10. The summed E-state index contributed by atoms with van der Waals surface area (Å²) in [5.74, 6) is -0.265. The fraction of sp³-hybridized carbons (Fsp3) is 0.389. The van der Waals surface area contributed by atoms with Crippen LogP contribution in [0.1, 0.15) is 35.9 Å². The van der Waals surface area contributed by atoms with Crippen LogP contribution in [0.2, 0.25) is 0 Å². The Bertz CT molecular complexity index is 792. The lowest BCUT2D eigenvalue weighted by Crippen LogP contribution is -2.37. The number of nitrogens with one attached hydrogen (secondary N) is 2. The van der Waals surface area contributed by atoms with Crippen molar-refractivity contribution in [1.29, 1.82) is 0 Å². The molecule has 1 atom stereocenters. The second kappa shape index (κ2) is 7.99. The predicted molar refractivity (Wildman–Crippen MR) is 92.1 cm³/mol. The maximum atomic E-state index is 13.1. The van der Waals surface area contributed by atoms with Gasteiger partial charge in [0.1, 0.15) is 23.9 Å². The molecule has 3 rings (SSSR count). The Morgan fingerprint density at radius 1 is 1.46 bits per heavy atom. The summed E-state index contributed by atoms with van der Waals surface area (Å²) in [5, 5.41) is 9.53. The van der Waals surface area contributed by atoms with Gasteiger partial charge in [-0.05, 0) is 24.6 Å². The summed E-state index contributed by atoms with van der Waals surface area (Å²) in [7, 11) is 0. The fourth-order valence-electron chi connectivity index (χ4n) is 2.88. The third-order valence-corrected chi connectivity index (χ3v) is 4.10. The second-order valence-electron chi connectivity index (χ2n) is 6.24. The molecule has 1 aliphatic rings. The van der Waals surface area contributed by atoms with Crippen molar-refractivity contribution in [2.24, 2.45) is 0 Å². The molecule has 2 aromatic rings.